The summed E-state index contributed by atoms with van der Waals surface area (Å²) in [6.45, 7) is 8.15. The molecule has 2 unspecified atom stereocenters. The number of amides is 2. The second-order valence-corrected chi connectivity index (χ2v) is 10.5. The number of nitrogen functional groups attached to an aromatic ring is 1. The Labute approximate surface area is 205 Å². The van der Waals surface area contributed by atoms with Crippen molar-refractivity contribution in [2.75, 3.05) is 31.2 Å². The van der Waals surface area contributed by atoms with Gasteiger partial charge in [-0.1, -0.05) is 25.1 Å². The molecule has 2 atom stereocenters. The predicted octanol–water partition coefficient (Wildman–Crippen LogP) is 3.20. The number of nitrogens with one attached hydrogen (secondary N) is 2. The highest BCUT2D eigenvalue weighted by molar-refractivity contribution is 6.40. The Bertz CT molecular complexity index is 1300. The van der Waals surface area contributed by atoms with Gasteiger partial charge >= 0.3 is 11.8 Å². The Hall–Kier alpha value is -3.46. The van der Waals surface area contributed by atoms with Crippen LogP contribution in [0.15, 0.2) is 30.6 Å². The summed E-state index contributed by atoms with van der Waals surface area (Å²) in [4.78, 5) is 34.8. The number of pyridine rings is 1. The molecule has 0 radical (unpaired) electrons. The van der Waals surface area contributed by atoms with Gasteiger partial charge in [0.2, 0.25) is 0 Å². The lowest BCUT2D eigenvalue weighted by Crippen LogP contribution is -2.47. The van der Waals surface area contributed by atoms with Crippen LogP contribution in [0, 0.1) is 5.92 Å². The molecule has 0 spiro atoms. The minimum absolute atomic E-state index is 0.0340. The van der Waals surface area contributed by atoms with Crippen molar-refractivity contribution in [2.24, 2.45) is 5.92 Å². The Balaban J connectivity index is 1.41. The first kappa shape index (κ1) is 23.3. The highest BCUT2D eigenvalue weighted by Gasteiger charge is 2.36. The van der Waals surface area contributed by atoms with E-state index in [0.717, 1.165) is 31.4 Å². The van der Waals surface area contributed by atoms with Crippen molar-refractivity contribution < 1.29 is 9.59 Å². The fourth-order valence-corrected chi connectivity index (χ4v) is 5.48. The molecule has 0 aliphatic carbocycles. The van der Waals surface area contributed by atoms with Crippen LogP contribution in [0.3, 0.4) is 0 Å². The van der Waals surface area contributed by atoms with Gasteiger partial charge in [0.25, 0.3) is 0 Å². The number of anilines is 2. The van der Waals surface area contributed by atoms with Crippen molar-refractivity contribution in [1.29, 1.82) is 0 Å². The van der Waals surface area contributed by atoms with E-state index < -0.39 is 11.8 Å². The maximum atomic E-state index is 13.4. The summed E-state index contributed by atoms with van der Waals surface area (Å²) < 4.78 is 0. The third-order valence-corrected chi connectivity index (χ3v) is 7.88. The summed E-state index contributed by atoms with van der Waals surface area (Å²) in [6.07, 6.45) is 5.81. The van der Waals surface area contributed by atoms with Crippen LogP contribution in [0.2, 0.25) is 0 Å². The van der Waals surface area contributed by atoms with Gasteiger partial charge < -0.3 is 16.0 Å². The molecule has 35 heavy (non-hydrogen) atoms. The topological polar surface area (TPSA) is 120 Å². The molecule has 5 rings (SSSR count). The zero-order valence-electron chi connectivity index (χ0n) is 20.8. The number of hydrogen-bond acceptors (Lipinski definition) is 6. The van der Waals surface area contributed by atoms with Gasteiger partial charge in [0, 0.05) is 18.6 Å². The monoisotopic (exact) mass is 475 g/mol. The predicted molar refractivity (Wildman–Crippen MR) is 136 cm³/mol. The number of likely N-dealkylation sites (N-methyl/N-ethyl adjacent to an activating group) is 1. The van der Waals surface area contributed by atoms with E-state index in [1.54, 1.807) is 11.1 Å². The number of piperidine rings is 1. The number of H-pyrrole nitrogens is 1. The molecule has 1 fully saturated rings. The number of likely N-dealkylation sites (tertiary alicyclic amines) is 1. The summed E-state index contributed by atoms with van der Waals surface area (Å²) in [5, 5.41) is 10.1. The number of rotatable bonds is 2. The fraction of sp³-hybridized carbons (Fsp3) is 0.462. The van der Waals surface area contributed by atoms with E-state index in [0.29, 0.717) is 34.9 Å². The van der Waals surface area contributed by atoms with Crippen LogP contribution in [0.4, 0.5) is 11.5 Å². The van der Waals surface area contributed by atoms with Gasteiger partial charge in [-0.3, -0.25) is 19.6 Å². The number of carbonyl (C=O) groups is 2. The molecule has 9 nitrogen and oxygen atoms in total. The van der Waals surface area contributed by atoms with Crippen molar-refractivity contribution in [3.05, 3.63) is 47.3 Å². The number of hydrogen-bond donors (Lipinski definition) is 3. The number of fused-ring (bicyclic) bond motifs is 2. The lowest BCUT2D eigenvalue weighted by Gasteiger charge is -2.43. The molecule has 1 aromatic carbocycles. The summed E-state index contributed by atoms with van der Waals surface area (Å²) in [5.74, 6) is -0.591. The van der Waals surface area contributed by atoms with Gasteiger partial charge in [0.1, 0.15) is 5.82 Å². The summed E-state index contributed by atoms with van der Waals surface area (Å²) in [5.41, 5.74) is 10.5. The minimum Gasteiger partial charge on any atom is -0.383 e. The molecule has 2 aliphatic rings. The van der Waals surface area contributed by atoms with E-state index in [2.05, 4.69) is 71.4 Å². The molecule has 2 aliphatic heterocycles. The van der Waals surface area contributed by atoms with Gasteiger partial charge in [0.05, 0.1) is 35.0 Å². The standard InChI is InChI=1S/C26H33N7O2/c1-15-5-8-21(17-6-7-19-16(11-17)9-10-32(4)26(19,2)3)33(14-15)25(35)24(34)30-20-13-28-23(27)18-12-29-31-22(18)20/h6-7,11-13,15,21H,5,8-10,14H2,1-4H3,(H2,27,28)(H,29,31)(H,30,34). The molecule has 4 heterocycles. The van der Waals surface area contributed by atoms with Gasteiger partial charge in [-0.2, -0.15) is 5.10 Å². The van der Waals surface area contributed by atoms with Crippen LogP contribution in [-0.4, -0.2) is 56.9 Å². The molecule has 2 amide bonds. The van der Waals surface area contributed by atoms with Crippen molar-refractivity contribution in [1.82, 2.24) is 25.0 Å². The lowest BCUT2D eigenvalue weighted by molar-refractivity contribution is -0.146. The van der Waals surface area contributed by atoms with Crippen LogP contribution in [0.5, 0.6) is 0 Å². The van der Waals surface area contributed by atoms with E-state index in [-0.39, 0.29) is 11.6 Å². The van der Waals surface area contributed by atoms with Gasteiger partial charge in [0.15, 0.2) is 0 Å². The average Bonchev–Trinajstić information content (AvgIpc) is 3.34. The fourth-order valence-electron chi connectivity index (χ4n) is 5.48. The Morgan fingerprint density at radius 3 is 2.83 bits per heavy atom. The highest BCUT2D eigenvalue weighted by Crippen LogP contribution is 2.39. The molecule has 0 saturated carbocycles. The SMILES string of the molecule is CC1CCC(c2ccc3c(c2)CCN(C)C3(C)C)N(C(=O)C(=O)Nc2cnc(N)c3cn[nH]c23)C1. The lowest BCUT2D eigenvalue weighted by atomic mass is 9.81. The van der Waals surface area contributed by atoms with Crippen LogP contribution in [0.25, 0.3) is 10.9 Å². The number of benzene rings is 1. The Morgan fingerprint density at radius 1 is 1.23 bits per heavy atom. The summed E-state index contributed by atoms with van der Waals surface area (Å²) in [6, 6.07) is 6.46. The Kier molecular flexibility index (Phi) is 5.75. The van der Waals surface area contributed by atoms with Crippen molar-refractivity contribution in [2.45, 2.75) is 51.6 Å². The Morgan fingerprint density at radius 2 is 2.03 bits per heavy atom. The van der Waals surface area contributed by atoms with E-state index in [1.807, 2.05) is 0 Å². The number of aromatic nitrogens is 3. The summed E-state index contributed by atoms with van der Waals surface area (Å²) in [7, 11) is 2.16. The molecular weight excluding hydrogens is 442 g/mol. The molecule has 3 aromatic rings. The number of nitrogens with two attached hydrogens (primary N) is 1. The molecular formula is C26H33N7O2. The van der Waals surface area contributed by atoms with Crippen molar-refractivity contribution in [3.8, 4) is 0 Å². The first-order valence-electron chi connectivity index (χ1n) is 12.2. The summed E-state index contributed by atoms with van der Waals surface area (Å²) >= 11 is 0. The first-order chi connectivity index (χ1) is 16.7. The van der Waals surface area contributed by atoms with Gasteiger partial charge in [-0.05, 0) is 62.8 Å². The van der Waals surface area contributed by atoms with Crippen LogP contribution in [0.1, 0.15) is 56.3 Å². The second kappa shape index (κ2) is 8.64. The van der Waals surface area contributed by atoms with Crippen molar-refractivity contribution >= 4 is 34.2 Å². The van der Waals surface area contributed by atoms with E-state index in [1.165, 1.54) is 17.3 Å². The van der Waals surface area contributed by atoms with Crippen LogP contribution < -0.4 is 11.1 Å². The van der Waals surface area contributed by atoms with Crippen LogP contribution in [-0.2, 0) is 21.5 Å². The molecule has 1 saturated heterocycles. The maximum Gasteiger partial charge on any atom is 0.314 e. The molecule has 9 heteroatoms. The minimum atomic E-state index is -0.688. The number of aromatic amines is 1. The van der Waals surface area contributed by atoms with Crippen LogP contribution >= 0.6 is 0 Å². The quantitative estimate of drug-likeness (QED) is 0.490. The molecule has 2 aromatic heterocycles. The first-order valence-corrected chi connectivity index (χ1v) is 12.2. The van der Waals surface area contributed by atoms with E-state index in [4.69, 9.17) is 5.73 Å². The second-order valence-electron chi connectivity index (χ2n) is 10.5. The zero-order valence-corrected chi connectivity index (χ0v) is 20.8. The maximum absolute atomic E-state index is 13.4. The molecule has 0 bridgehead atoms. The average molecular weight is 476 g/mol. The van der Waals surface area contributed by atoms with Gasteiger partial charge in [-0.25, -0.2) is 4.98 Å². The largest absolute Gasteiger partial charge is 0.383 e. The highest BCUT2D eigenvalue weighted by atomic mass is 16.2. The number of carbonyl (C=O) groups excluding carboxylic acids is 2. The third-order valence-electron chi connectivity index (χ3n) is 7.88. The molecule has 4 N–H and O–H groups in total. The van der Waals surface area contributed by atoms with E-state index >= 15 is 0 Å². The number of nitrogens with zero attached hydrogens (tertiary/aromatic N) is 4. The van der Waals surface area contributed by atoms with E-state index in [9.17, 15) is 9.59 Å². The smallest absolute Gasteiger partial charge is 0.314 e. The third kappa shape index (κ3) is 4.03. The normalized spacial score (nSPS) is 22.1. The van der Waals surface area contributed by atoms with Crippen molar-refractivity contribution in [3.63, 3.8) is 0 Å². The zero-order chi connectivity index (χ0) is 24.9. The molecule has 184 valence electrons. The van der Waals surface area contributed by atoms with Gasteiger partial charge in [-0.15, -0.1) is 0 Å².